The van der Waals surface area contributed by atoms with Crippen LogP contribution < -0.4 is 0 Å². The monoisotopic (exact) mass is 410 g/mol. The fourth-order valence-corrected chi connectivity index (χ4v) is 3.97. The summed E-state index contributed by atoms with van der Waals surface area (Å²) in [7, 11) is -6.45. The van der Waals surface area contributed by atoms with Crippen LogP contribution >= 0.6 is 0 Å². The van der Waals surface area contributed by atoms with Gasteiger partial charge in [-0.05, 0) is 37.0 Å². The molecule has 0 radical (unpaired) electrons. The van der Waals surface area contributed by atoms with Crippen molar-refractivity contribution in [3.63, 3.8) is 0 Å². The summed E-state index contributed by atoms with van der Waals surface area (Å²) in [5.41, 5.74) is -1.93. The second-order valence-corrected chi connectivity index (χ2v) is 9.72. The van der Waals surface area contributed by atoms with E-state index in [1.165, 1.54) is 0 Å². The highest BCUT2D eigenvalue weighted by Gasteiger charge is 2.67. The van der Waals surface area contributed by atoms with Gasteiger partial charge in [-0.1, -0.05) is 27.7 Å². The zero-order chi connectivity index (χ0) is 20.8. The van der Waals surface area contributed by atoms with Gasteiger partial charge in [0.25, 0.3) is 6.10 Å². The van der Waals surface area contributed by atoms with Crippen molar-refractivity contribution in [3.8, 4) is 0 Å². The van der Waals surface area contributed by atoms with E-state index >= 15 is 0 Å². The minimum absolute atomic E-state index is 0.0312. The summed E-state index contributed by atoms with van der Waals surface area (Å²) in [6.07, 6.45) is -9.30. The molecule has 0 saturated heterocycles. The Hall–Kier alpha value is -0.970. The number of carbonyl (C=O) groups is 1. The molecule has 0 spiro atoms. The molecule has 0 aromatic heterocycles. The number of rotatable bonds is 5. The maximum absolute atomic E-state index is 13.6. The summed E-state index contributed by atoms with van der Waals surface area (Å²) in [4.78, 5) is 12.5. The Labute approximate surface area is 149 Å². The maximum atomic E-state index is 13.6. The van der Waals surface area contributed by atoms with Crippen LogP contribution in [-0.4, -0.2) is 36.5 Å². The lowest BCUT2D eigenvalue weighted by Crippen LogP contribution is -2.53. The van der Waals surface area contributed by atoms with Crippen LogP contribution in [0.3, 0.4) is 0 Å². The molecule has 11 heteroatoms. The second kappa shape index (κ2) is 6.88. The van der Waals surface area contributed by atoms with Crippen LogP contribution in [0.4, 0.5) is 22.0 Å². The predicted octanol–water partition coefficient (Wildman–Crippen LogP) is 4.18. The molecule has 1 aliphatic carbocycles. The highest BCUT2D eigenvalue weighted by molar-refractivity contribution is 7.86. The third-order valence-electron chi connectivity index (χ3n) is 4.33. The van der Waals surface area contributed by atoms with E-state index in [2.05, 4.69) is 4.74 Å². The van der Waals surface area contributed by atoms with Crippen molar-refractivity contribution >= 4 is 16.1 Å². The van der Waals surface area contributed by atoms with Gasteiger partial charge in [0.15, 0.2) is 0 Å². The molecule has 0 aliphatic heterocycles. The van der Waals surface area contributed by atoms with Gasteiger partial charge < -0.3 is 4.74 Å². The summed E-state index contributed by atoms with van der Waals surface area (Å²) in [5, 5.41) is -5.71. The third-order valence-corrected chi connectivity index (χ3v) is 5.23. The Kier molecular flexibility index (Phi) is 6.11. The van der Waals surface area contributed by atoms with Gasteiger partial charge in [0.1, 0.15) is 0 Å². The van der Waals surface area contributed by atoms with Crippen LogP contribution in [0, 0.1) is 16.7 Å². The van der Waals surface area contributed by atoms with E-state index in [-0.39, 0.29) is 25.2 Å². The molecule has 3 atom stereocenters. The first-order valence-corrected chi connectivity index (χ1v) is 9.38. The fourth-order valence-electron chi connectivity index (χ4n) is 3.52. The molecule has 1 aliphatic rings. The Morgan fingerprint density at radius 3 is 2.04 bits per heavy atom. The molecule has 1 fully saturated rings. The Balaban J connectivity index is 3.27. The molecule has 1 N–H and O–H groups in total. The Morgan fingerprint density at radius 1 is 1.23 bits per heavy atom. The summed E-state index contributed by atoms with van der Waals surface area (Å²) >= 11 is 0. The summed E-state index contributed by atoms with van der Waals surface area (Å²) in [5.74, 6) is -1.56. The minimum Gasteiger partial charge on any atom is -0.444 e. The van der Waals surface area contributed by atoms with Gasteiger partial charge in [-0.2, -0.15) is 30.4 Å². The first-order chi connectivity index (χ1) is 11.3. The van der Waals surface area contributed by atoms with Gasteiger partial charge in [0.2, 0.25) is 0 Å². The highest BCUT2D eigenvalue weighted by atomic mass is 32.2. The number of carbonyl (C=O) groups excluding carboxylic acids is 1. The molecule has 0 aromatic carbocycles. The van der Waals surface area contributed by atoms with E-state index in [4.69, 9.17) is 4.55 Å². The van der Waals surface area contributed by atoms with Crippen LogP contribution in [0.15, 0.2) is 0 Å². The van der Waals surface area contributed by atoms with Crippen molar-refractivity contribution in [2.45, 2.75) is 70.9 Å². The third kappa shape index (κ3) is 5.05. The molecule has 3 unspecified atom stereocenters. The van der Waals surface area contributed by atoms with Crippen molar-refractivity contribution in [1.29, 1.82) is 0 Å². The minimum atomic E-state index is -6.45. The topological polar surface area (TPSA) is 80.7 Å². The molecule has 26 heavy (non-hydrogen) atoms. The van der Waals surface area contributed by atoms with Crippen LogP contribution in [0.5, 0.6) is 0 Å². The van der Waals surface area contributed by atoms with Gasteiger partial charge in [-0.15, -0.1) is 0 Å². The molecule has 0 amide bonds. The molecular formula is C15H23F5O5S. The van der Waals surface area contributed by atoms with E-state index in [1.807, 2.05) is 0 Å². The maximum Gasteiger partial charge on any atom is 0.432 e. The van der Waals surface area contributed by atoms with Crippen LogP contribution in [0.25, 0.3) is 0 Å². The number of hydrogen-bond donors (Lipinski definition) is 1. The largest absolute Gasteiger partial charge is 0.444 e. The molecule has 0 heterocycles. The van der Waals surface area contributed by atoms with E-state index in [1.54, 1.807) is 27.7 Å². The molecule has 0 bridgehead atoms. The van der Waals surface area contributed by atoms with E-state index < -0.39 is 44.5 Å². The van der Waals surface area contributed by atoms with Crippen molar-refractivity contribution < 1.29 is 44.5 Å². The van der Waals surface area contributed by atoms with E-state index in [0.717, 1.165) is 0 Å². The number of alkyl halides is 5. The van der Waals surface area contributed by atoms with Crippen molar-refractivity contribution in [2.24, 2.45) is 16.7 Å². The number of esters is 1. The average molecular weight is 410 g/mol. The first kappa shape index (κ1) is 23.1. The predicted molar refractivity (Wildman–Crippen MR) is 82.0 cm³/mol. The molecule has 1 saturated carbocycles. The van der Waals surface area contributed by atoms with Crippen molar-refractivity contribution in [1.82, 2.24) is 0 Å². The normalized spacial score (nSPS) is 26.6. The molecule has 1 rings (SSSR count). The number of halogens is 5. The summed E-state index contributed by atoms with van der Waals surface area (Å²) in [6.45, 7) is 6.98. The quantitative estimate of drug-likeness (QED) is 0.418. The van der Waals surface area contributed by atoms with Gasteiger partial charge in [0, 0.05) is 0 Å². The Bertz CT molecular complexity index is 638. The van der Waals surface area contributed by atoms with Gasteiger partial charge in [-0.25, -0.2) is 0 Å². The van der Waals surface area contributed by atoms with Crippen LogP contribution in [-0.2, 0) is 19.6 Å². The SMILES string of the molecule is CC1CCC(CC(C)(C)C)(C(=O)OC(C(F)(F)F)C(F)(F)S(=O)(=O)O)C1. The highest BCUT2D eigenvalue weighted by Crippen LogP contribution is 2.50. The van der Waals surface area contributed by atoms with Gasteiger partial charge in [-0.3, -0.25) is 9.35 Å². The smallest absolute Gasteiger partial charge is 0.432 e. The molecule has 0 aromatic rings. The van der Waals surface area contributed by atoms with E-state index in [9.17, 15) is 35.2 Å². The summed E-state index contributed by atoms with van der Waals surface area (Å²) < 4.78 is 100. The van der Waals surface area contributed by atoms with Gasteiger partial charge in [0.05, 0.1) is 5.41 Å². The zero-order valence-electron chi connectivity index (χ0n) is 14.9. The van der Waals surface area contributed by atoms with Crippen molar-refractivity contribution in [2.75, 3.05) is 0 Å². The van der Waals surface area contributed by atoms with Gasteiger partial charge >= 0.3 is 27.5 Å². The lowest BCUT2D eigenvalue weighted by Gasteiger charge is -2.36. The standard InChI is InChI=1S/C15H23F5O5S/c1-9-5-6-13(7-9,8-12(2,3)4)11(21)25-10(14(16,17)18)15(19,20)26(22,23)24/h9-10H,5-8H2,1-4H3,(H,22,23,24). The number of ether oxygens (including phenoxy) is 1. The molecule has 154 valence electrons. The Morgan fingerprint density at radius 2 is 1.73 bits per heavy atom. The van der Waals surface area contributed by atoms with E-state index in [0.29, 0.717) is 6.42 Å². The van der Waals surface area contributed by atoms with Crippen LogP contribution in [0.1, 0.15) is 53.4 Å². The zero-order valence-corrected chi connectivity index (χ0v) is 15.7. The lowest BCUT2D eigenvalue weighted by atomic mass is 9.72. The fraction of sp³-hybridized carbons (Fsp3) is 0.933. The lowest BCUT2D eigenvalue weighted by molar-refractivity contribution is -0.263. The van der Waals surface area contributed by atoms with Crippen molar-refractivity contribution in [3.05, 3.63) is 0 Å². The number of hydrogen-bond acceptors (Lipinski definition) is 4. The first-order valence-electron chi connectivity index (χ1n) is 7.94. The summed E-state index contributed by atoms with van der Waals surface area (Å²) in [6, 6.07) is 0. The van der Waals surface area contributed by atoms with Crippen LogP contribution in [0.2, 0.25) is 0 Å². The molecular weight excluding hydrogens is 387 g/mol. The molecule has 5 nitrogen and oxygen atoms in total. The average Bonchev–Trinajstić information content (AvgIpc) is 2.72. The second-order valence-electron chi connectivity index (χ2n) is 8.23.